The molecule has 0 aliphatic carbocycles. The van der Waals surface area contributed by atoms with Gasteiger partial charge in [0.1, 0.15) is 5.82 Å². The van der Waals surface area contributed by atoms with E-state index in [0.717, 1.165) is 12.8 Å². The summed E-state index contributed by atoms with van der Waals surface area (Å²) in [5, 5.41) is 13.9. The Morgan fingerprint density at radius 2 is 2.00 bits per heavy atom. The maximum Gasteiger partial charge on any atom is 0.372 e. The molecule has 1 heterocycles. The van der Waals surface area contributed by atoms with E-state index >= 15 is 0 Å². The summed E-state index contributed by atoms with van der Waals surface area (Å²) in [5.74, 6) is 0.730. The molecule has 0 spiro atoms. The van der Waals surface area contributed by atoms with Crippen LogP contribution in [0, 0.1) is 10.1 Å². The van der Waals surface area contributed by atoms with Gasteiger partial charge in [0.25, 0.3) is 5.88 Å². The van der Waals surface area contributed by atoms with Crippen LogP contribution in [-0.2, 0) is 5.41 Å². The molecule has 0 unspecified atom stereocenters. The lowest BCUT2D eigenvalue weighted by atomic mass is 9.96. The number of aromatic nitrogens is 2. The second kappa shape index (κ2) is 6.49. The Kier molecular flexibility index (Phi) is 5.24. The Balaban J connectivity index is 3.30. The predicted octanol–water partition coefficient (Wildman–Crippen LogP) is 2.90. The number of hydrogen-bond donors (Lipinski definition) is 1. The second-order valence-electron chi connectivity index (χ2n) is 5.51. The second-order valence-corrected chi connectivity index (χ2v) is 5.51. The Bertz CT molecular complexity index is 483. The first-order chi connectivity index (χ1) is 9.31. The average Bonchev–Trinajstić information content (AvgIpc) is 2.36. The molecule has 0 radical (unpaired) electrons. The first kappa shape index (κ1) is 16.1. The van der Waals surface area contributed by atoms with Gasteiger partial charge in [0.2, 0.25) is 5.82 Å². The number of ether oxygens (including phenoxy) is 1. The maximum atomic E-state index is 11.2. The standard InChI is InChI=1S/C13H22N4O3/c1-6-7-8-20-11-9(17(18)19)10(14-5)15-12(16-11)13(2,3)4/h6-8H2,1-5H3,(H,14,15,16). The van der Waals surface area contributed by atoms with Crippen LogP contribution in [0.25, 0.3) is 0 Å². The summed E-state index contributed by atoms with van der Waals surface area (Å²) in [4.78, 5) is 19.1. The molecular formula is C13H22N4O3. The molecule has 0 amide bonds. The fraction of sp³-hybridized carbons (Fsp3) is 0.692. The number of unbranched alkanes of at least 4 members (excludes halogenated alkanes) is 1. The van der Waals surface area contributed by atoms with E-state index < -0.39 is 4.92 Å². The lowest BCUT2D eigenvalue weighted by Crippen LogP contribution is -2.19. The van der Waals surface area contributed by atoms with Crippen LogP contribution in [0.3, 0.4) is 0 Å². The first-order valence-corrected chi connectivity index (χ1v) is 6.68. The van der Waals surface area contributed by atoms with Crippen molar-refractivity contribution < 1.29 is 9.66 Å². The van der Waals surface area contributed by atoms with Gasteiger partial charge in [-0.05, 0) is 6.42 Å². The maximum absolute atomic E-state index is 11.2. The molecule has 0 atom stereocenters. The molecule has 112 valence electrons. The molecular weight excluding hydrogens is 260 g/mol. The summed E-state index contributed by atoms with van der Waals surface area (Å²) in [7, 11) is 1.59. The molecule has 0 saturated carbocycles. The van der Waals surface area contributed by atoms with Crippen LogP contribution in [0.2, 0.25) is 0 Å². The summed E-state index contributed by atoms with van der Waals surface area (Å²) in [5.41, 5.74) is -0.527. The van der Waals surface area contributed by atoms with Crippen LogP contribution < -0.4 is 10.1 Å². The molecule has 7 heteroatoms. The van der Waals surface area contributed by atoms with Gasteiger partial charge in [-0.2, -0.15) is 4.98 Å². The lowest BCUT2D eigenvalue weighted by Gasteiger charge is -2.18. The molecule has 1 aromatic rings. The van der Waals surface area contributed by atoms with Crippen molar-refractivity contribution in [1.82, 2.24) is 9.97 Å². The Morgan fingerprint density at radius 3 is 2.45 bits per heavy atom. The zero-order chi connectivity index (χ0) is 15.3. The average molecular weight is 282 g/mol. The topological polar surface area (TPSA) is 90.2 Å². The molecule has 0 fully saturated rings. The fourth-order valence-electron chi connectivity index (χ4n) is 1.52. The predicted molar refractivity (Wildman–Crippen MR) is 77.3 cm³/mol. The van der Waals surface area contributed by atoms with Crippen molar-refractivity contribution in [2.45, 2.75) is 46.0 Å². The van der Waals surface area contributed by atoms with E-state index in [-0.39, 0.29) is 22.8 Å². The van der Waals surface area contributed by atoms with Gasteiger partial charge in [0.05, 0.1) is 11.5 Å². The number of anilines is 1. The van der Waals surface area contributed by atoms with Crippen LogP contribution in [-0.4, -0.2) is 28.5 Å². The van der Waals surface area contributed by atoms with E-state index in [1.807, 2.05) is 27.7 Å². The molecule has 20 heavy (non-hydrogen) atoms. The van der Waals surface area contributed by atoms with Crippen LogP contribution in [0.1, 0.15) is 46.4 Å². The van der Waals surface area contributed by atoms with Gasteiger partial charge in [-0.25, -0.2) is 4.98 Å². The molecule has 1 rings (SSSR count). The highest BCUT2D eigenvalue weighted by Crippen LogP contribution is 2.34. The summed E-state index contributed by atoms with van der Waals surface area (Å²) in [6.07, 6.45) is 1.77. The minimum atomic E-state index is -0.514. The Morgan fingerprint density at radius 1 is 1.35 bits per heavy atom. The lowest BCUT2D eigenvalue weighted by molar-refractivity contribution is -0.385. The van der Waals surface area contributed by atoms with Crippen molar-refractivity contribution in [2.24, 2.45) is 0 Å². The van der Waals surface area contributed by atoms with Crippen LogP contribution >= 0.6 is 0 Å². The van der Waals surface area contributed by atoms with Gasteiger partial charge < -0.3 is 10.1 Å². The van der Waals surface area contributed by atoms with Crippen molar-refractivity contribution in [3.05, 3.63) is 15.9 Å². The van der Waals surface area contributed by atoms with E-state index in [1.54, 1.807) is 7.05 Å². The Labute approximate surface area is 118 Å². The van der Waals surface area contributed by atoms with Gasteiger partial charge in [-0.1, -0.05) is 34.1 Å². The van der Waals surface area contributed by atoms with Crippen molar-refractivity contribution in [3.8, 4) is 5.88 Å². The van der Waals surface area contributed by atoms with E-state index in [2.05, 4.69) is 15.3 Å². The summed E-state index contributed by atoms with van der Waals surface area (Å²) >= 11 is 0. The molecule has 0 aliphatic heterocycles. The highest BCUT2D eigenvalue weighted by molar-refractivity contribution is 5.61. The van der Waals surface area contributed by atoms with Crippen LogP contribution in [0.5, 0.6) is 5.88 Å². The number of hydrogen-bond acceptors (Lipinski definition) is 6. The highest BCUT2D eigenvalue weighted by atomic mass is 16.6. The molecule has 0 saturated heterocycles. The third kappa shape index (κ3) is 3.79. The number of nitrogens with one attached hydrogen (secondary N) is 1. The smallest absolute Gasteiger partial charge is 0.372 e. The van der Waals surface area contributed by atoms with Crippen molar-refractivity contribution in [3.63, 3.8) is 0 Å². The van der Waals surface area contributed by atoms with Crippen LogP contribution in [0.15, 0.2) is 0 Å². The Hall–Kier alpha value is -1.92. The highest BCUT2D eigenvalue weighted by Gasteiger charge is 2.29. The monoisotopic (exact) mass is 282 g/mol. The normalized spacial score (nSPS) is 11.2. The summed E-state index contributed by atoms with van der Waals surface area (Å²) in [6, 6.07) is 0. The third-order valence-corrected chi connectivity index (χ3v) is 2.68. The number of nitrogens with zero attached hydrogens (tertiary/aromatic N) is 3. The van der Waals surface area contributed by atoms with Crippen molar-refractivity contribution >= 4 is 11.5 Å². The minimum Gasteiger partial charge on any atom is -0.473 e. The van der Waals surface area contributed by atoms with Gasteiger partial charge in [-0.15, -0.1) is 0 Å². The summed E-state index contributed by atoms with van der Waals surface area (Å²) in [6.45, 7) is 8.27. The molecule has 0 bridgehead atoms. The van der Waals surface area contributed by atoms with Gasteiger partial charge >= 0.3 is 5.69 Å². The first-order valence-electron chi connectivity index (χ1n) is 6.68. The van der Waals surface area contributed by atoms with Gasteiger partial charge in [-0.3, -0.25) is 10.1 Å². The molecule has 7 nitrogen and oxygen atoms in total. The molecule has 0 aliphatic rings. The zero-order valence-electron chi connectivity index (χ0n) is 12.7. The molecule has 1 aromatic heterocycles. The third-order valence-electron chi connectivity index (χ3n) is 2.68. The molecule has 1 N–H and O–H groups in total. The van der Waals surface area contributed by atoms with Crippen molar-refractivity contribution in [2.75, 3.05) is 19.0 Å². The van der Waals surface area contributed by atoms with E-state index in [1.165, 1.54) is 0 Å². The van der Waals surface area contributed by atoms with Crippen molar-refractivity contribution in [1.29, 1.82) is 0 Å². The SMILES string of the molecule is CCCCOc1nc(C(C)(C)C)nc(NC)c1[N+](=O)[O-]. The van der Waals surface area contributed by atoms with Gasteiger partial charge in [0.15, 0.2) is 0 Å². The molecule has 0 aromatic carbocycles. The quantitative estimate of drug-likeness (QED) is 0.490. The van der Waals surface area contributed by atoms with E-state index in [0.29, 0.717) is 12.4 Å². The van der Waals surface area contributed by atoms with E-state index in [9.17, 15) is 10.1 Å². The van der Waals surface area contributed by atoms with Gasteiger partial charge in [0, 0.05) is 12.5 Å². The van der Waals surface area contributed by atoms with E-state index in [4.69, 9.17) is 4.74 Å². The summed E-state index contributed by atoms with van der Waals surface area (Å²) < 4.78 is 5.48. The zero-order valence-corrected chi connectivity index (χ0v) is 12.7. The fourth-order valence-corrected chi connectivity index (χ4v) is 1.52. The van der Waals surface area contributed by atoms with Crippen LogP contribution in [0.4, 0.5) is 11.5 Å². The minimum absolute atomic E-state index is 0.0349. The largest absolute Gasteiger partial charge is 0.473 e. The number of nitro groups is 1. The number of rotatable bonds is 6.